The van der Waals surface area contributed by atoms with Crippen LogP contribution in [0.4, 0.5) is 5.69 Å². The Labute approximate surface area is 193 Å². The lowest BCUT2D eigenvalue weighted by molar-refractivity contribution is -0.384. The van der Waals surface area contributed by atoms with Crippen molar-refractivity contribution in [2.45, 2.75) is 25.8 Å². The number of likely N-dealkylation sites (tertiary alicyclic amines) is 1. The standard InChI is InChI=1S/C20H28N4O5.HI/c1-28-19(25)17-6-9-23(10-7-17)20(22-13-16-8-11-29-14-16)21-12-15-2-4-18(5-3-15)24(26)27;/h2-5,16-17H,6-14H2,1H3,(H,21,22);1H. The minimum absolute atomic E-state index is 0. The van der Waals surface area contributed by atoms with E-state index in [2.05, 4.69) is 10.2 Å². The van der Waals surface area contributed by atoms with Crippen molar-refractivity contribution >= 4 is 41.6 Å². The van der Waals surface area contributed by atoms with Crippen molar-refractivity contribution in [2.75, 3.05) is 40.0 Å². The van der Waals surface area contributed by atoms with Gasteiger partial charge in [-0.3, -0.25) is 14.9 Å². The number of nitro groups is 1. The summed E-state index contributed by atoms with van der Waals surface area (Å²) in [5.74, 6) is 1.06. The molecule has 1 atom stereocenters. The zero-order valence-electron chi connectivity index (χ0n) is 17.1. The number of piperidine rings is 1. The number of ether oxygens (including phenoxy) is 2. The maximum Gasteiger partial charge on any atom is 0.308 e. The number of non-ortho nitro benzene ring substituents is 1. The lowest BCUT2D eigenvalue weighted by atomic mass is 9.97. The molecule has 0 amide bonds. The van der Waals surface area contributed by atoms with E-state index >= 15 is 0 Å². The second-order valence-electron chi connectivity index (χ2n) is 7.46. The molecule has 10 heteroatoms. The topological polar surface area (TPSA) is 106 Å². The van der Waals surface area contributed by atoms with Gasteiger partial charge in [0.15, 0.2) is 5.96 Å². The number of carbonyl (C=O) groups is 1. The van der Waals surface area contributed by atoms with Gasteiger partial charge in [-0.2, -0.15) is 0 Å². The van der Waals surface area contributed by atoms with Crippen LogP contribution in [0.5, 0.6) is 0 Å². The zero-order valence-corrected chi connectivity index (χ0v) is 19.4. The summed E-state index contributed by atoms with van der Waals surface area (Å²) in [5, 5.41) is 14.3. The molecule has 0 saturated carbocycles. The molecule has 0 aromatic heterocycles. The lowest BCUT2D eigenvalue weighted by Crippen LogP contribution is -2.47. The van der Waals surface area contributed by atoms with Gasteiger partial charge >= 0.3 is 5.97 Å². The number of esters is 1. The highest BCUT2D eigenvalue weighted by molar-refractivity contribution is 14.0. The molecule has 9 nitrogen and oxygen atoms in total. The van der Waals surface area contributed by atoms with Crippen molar-refractivity contribution in [2.24, 2.45) is 16.8 Å². The first-order chi connectivity index (χ1) is 14.1. The predicted octanol–water partition coefficient (Wildman–Crippen LogP) is 2.58. The Morgan fingerprint density at radius 3 is 2.57 bits per heavy atom. The molecule has 2 heterocycles. The Kier molecular flexibility index (Phi) is 9.76. The van der Waals surface area contributed by atoms with Crippen LogP contribution in [0.15, 0.2) is 29.3 Å². The zero-order chi connectivity index (χ0) is 20.6. The maximum atomic E-state index is 11.8. The molecular weight excluding hydrogens is 503 g/mol. The first-order valence-electron chi connectivity index (χ1n) is 9.99. The first-order valence-corrected chi connectivity index (χ1v) is 9.99. The van der Waals surface area contributed by atoms with E-state index in [1.807, 2.05) is 0 Å². The van der Waals surface area contributed by atoms with E-state index < -0.39 is 4.92 Å². The molecule has 2 fully saturated rings. The number of nitro benzene ring substituents is 1. The minimum atomic E-state index is -0.408. The Balaban J connectivity index is 0.00000320. The van der Waals surface area contributed by atoms with E-state index in [1.54, 1.807) is 12.1 Å². The third-order valence-electron chi connectivity index (χ3n) is 5.46. The Morgan fingerprint density at radius 1 is 1.30 bits per heavy atom. The second kappa shape index (κ2) is 12.0. The quantitative estimate of drug-likeness (QED) is 0.150. The fourth-order valence-corrected chi connectivity index (χ4v) is 3.63. The fourth-order valence-electron chi connectivity index (χ4n) is 3.63. The molecule has 30 heavy (non-hydrogen) atoms. The molecule has 3 rings (SSSR count). The van der Waals surface area contributed by atoms with Crippen molar-refractivity contribution in [3.63, 3.8) is 0 Å². The summed E-state index contributed by atoms with van der Waals surface area (Å²) in [6.45, 7) is 4.23. The Morgan fingerprint density at radius 2 is 2.00 bits per heavy atom. The molecule has 2 aliphatic heterocycles. The van der Waals surface area contributed by atoms with Crippen LogP contribution in [0.25, 0.3) is 0 Å². The van der Waals surface area contributed by atoms with E-state index in [4.69, 9.17) is 14.5 Å². The van der Waals surface area contributed by atoms with Crippen LogP contribution in [-0.2, 0) is 20.8 Å². The van der Waals surface area contributed by atoms with Crippen LogP contribution < -0.4 is 5.32 Å². The molecule has 0 aliphatic carbocycles. The van der Waals surface area contributed by atoms with Gasteiger partial charge < -0.3 is 19.7 Å². The fraction of sp³-hybridized carbons (Fsp3) is 0.600. The monoisotopic (exact) mass is 532 g/mol. The van der Waals surface area contributed by atoms with Crippen molar-refractivity contribution in [3.8, 4) is 0 Å². The maximum absolute atomic E-state index is 11.8. The third-order valence-corrected chi connectivity index (χ3v) is 5.46. The highest BCUT2D eigenvalue weighted by Gasteiger charge is 2.27. The normalized spacial score (nSPS) is 19.8. The summed E-state index contributed by atoms with van der Waals surface area (Å²) in [6.07, 6.45) is 2.50. The largest absolute Gasteiger partial charge is 0.469 e. The summed E-state index contributed by atoms with van der Waals surface area (Å²) in [7, 11) is 1.43. The predicted molar refractivity (Wildman–Crippen MR) is 123 cm³/mol. The summed E-state index contributed by atoms with van der Waals surface area (Å²) >= 11 is 0. The van der Waals surface area contributed by atoms with Crippen LogP contribution in [0.1, 0.15) is 24.8 Å². The van der Waals surface area contributed by atoms with Gasteiger partial charge in [0, 0.05) is 44.3 Å². The van der Waals surface area contributed by atoms with Crippen LogP contribution >= 0.6 is 24.0 Å². The van der Waals surface area contributed by atoms with E-state index in [0.29, 0.717) is 12.5 Å². The van der Waals surface area contributed by atoms with Crippen LogP contribution in [0.2, 0.25) is 0 Å². The molecule has 1 aromatic carbocycles. The number of aliphatic imine (C=N–C) groups is 1. The van der Waals surface area contributed by atoms with Crippen molar-refractivity contribution < 1.29 is 19.2 Å². The van der Waals surface area contributed by atoms with E-state index in [0.717, 1.165) is 63.6 Å². The summed E-state index contributed by atoms with van der Waals surface area (Å²) in [6, 6.07) is 6.45. The molecule has 2 aliphatic rings. The molecule has 2 saturated heterocycles. The number of rotatable bonds is 6. The van der Waals surface area contributed by atoms with Gasteiger partial charge in [0.05, 0.1) is 31.1 Å². The molecule has 1 aromatic rings. The van der Waals surface area contributed by atoms with Crippen molar-refractivity contribution in [1.29, 1.82) is 0 Å². The van der Waals surface area contributed by atoms with Crippen LogP contribution in [0.3, 0.4) is 0 Å². The van der Waals surface area contributed by atoms with Crippen molar-refractivity contribution in [3.05, 3.63) is 39.9 Å². The van der Waals surface area contributed by atoms with Gasteiger partial charge in [-0.05, 0) is 24.8 Å². The number of nitrogens with zero attached hydrogens (tertiary/aromatic N) is 3. The number of halogens is 1. The van der Waals surface area contributed by atoms with Gasteiger partial charge in [-0.25, -0.2) is 4.99 Å². The van der Waals surface area contributed by atoms with Gasteiger partial charge in [0.1, 0.15) is 0 Å². The molecule has 0 bridgehead atoms. The van der Waals surface area contributed by atoms with Crippen molar-refractivity contribution in [1.82, 2.24) is 10.2 Å². The Hall–Kier alpha value is -1.95. The number of nitrogens with one attached hydrogen (secondary N) is 1. The highest BCUT2D eigenvalue weighted by atomic mass is 127. The highest BCUT2D eigenvalue weighted by Crippen LogP contribution is 2.19. The number of hydrogen-bond donors (Lipinski definition) is 1. The SMILES string of the molecule is COC(=O)C1CCN(C(=NCc2ccc([N+](=O)[O-])cc2)NCC2CCOC2)CC1.I. The molecule has 0 radical (unpaired) electrons. The summed E-state index contributed by atoms with van der Waals surface area (Å²) < 4.78 is 10.3. The average molecular weight is 532 g/mol. The number of guanidine groups is 1. The summed E-state index contributed by atoms with van der Waals surface area (Å²) in [4.78, 5) is 29.1. The average Bonchev–Trinajstić information content (AvgIpc) is 3.27. The second-order valence-corrected chi connectivity index (χ2v) is 7.46. The summed E-state index contributed by atoms with van der Waals surface area (Å²) in [5.41, 5.74) is 0.978. The molecular formula is C20H29IN4O5. The molecule has 0 spiro atoms. The van der Waals surface area contributed by atoms with Crippen LogP contribution in [-0.4, -0.2) is 61.7 Å². The first kappa shape index (κ1) is 24.3. The van der Waals surface area contributed by atoms with Gasteiger partial charge in [-0.1, -0.05) is 12.1 Å². The third kappa shape index (κ3) is 6.79. The van der Waals surface area contributed by atoms with Gasteiger partial charge in [-0.15, -0.1) is 24.0 Å². The van der Waals surface area contributed by atoms with E-state index in [-0.39, 0.29) is 41.6 Å². The van der Waals surface area contributed by atoms with Gasteiger partial charge in [0.25, 0.3) is 5.69 Å². The molecule has 1 N–H and O–H groups in total. The molecule has 166 valence electrons. The van der Waals surface area contributed by atoms with E-state index in [9.17, 15) is 14.9 Å². The van der Waals surface area contributed by atoms with E-state index in [1.165, 1.54) is 19.2 Å². The number of carbonyl (C=O) groups excluding carboxylic acids is 1. The number of benzene rings is 1. The Bertz CT molecular complexity index is 729. The molecule has 1 unspecified atom stereocenters. The number of methoxy groups -OCH3 is 1. The van der Waals surface area contributed by atoms with Crippen LogP contribution in [0, 0.1) is 22.0 Å². The lowest BCUT2D eigenvalue weighted by Gasteiger charge is -2.33. The van der Waals surface area contributed by atoms with Gasteiger partial charge in [0.2, 0.25) is 0 Å². The smallest absolute Gasteiger partial charge is 0.308 e. The minimum Gasteiger partial charge on any atom is -0.469 e. The number of hydrogen-bond acceptors (Lipinski definition) is 6.